The van der Waals surface area contributed by atoms with Gasteiger partial charge in [-0.25, -0.2) is 0 Å². The van der Waals surface area contributed by atoms with E-state index in [1.807, 2.05) is 36.4 Å². The molecule has 0 fully saturated rings. The molecule has 196 valence electrons. The first kappa shape index (κ1) is 22.4. The Hall–Kier alpha value is -6.30. The Morgan fingerprint density at radius 2 is 1.28 bits per heavy atom. The summed E-state index contributed by atoms with van der Waals surface area (Å²) < 4.78 is 15.1. The maximum absolute atomic E-state index is 10.4. The zero-order valence-corrected chi connectivity index (χ0v) is 22.5. The van der Waals surface area contributed by atoms with Gasteiger partial charge in [-0.3, -0.25) is 0 Å². The fraction of sp³-hybridized carbons (Fsp3) is 0. The highest BCUT2D eigenvalue weighted by atomic mass is 16.3. The van der Waals surface area contributed by atoms with Crippen LogP contribution in [0.15, 0.2) is 112 Å². The average molecular weight is 548 g/mol. The topological polar surface area (TPSA) is 78.8 Å². The van der Waals surface area contributed by atoms with Crippen LogP contribution in [0.2, 0.25) is 0 Å². The largest absolute Gasteiger partial charge is 0.456 e. The minimum absolute atomic E-state index is 0.573. The van der Waals surface area contributed by atoms with Gasteiger partial charge in [0.15, 0.2) is 0 Å². The Labute approximate surface area is 243 Å². The van der Waals surface area contributed by atoms with Gasteiger partial charge >= 0.3 is 0 Å². The molecule has 4 heterocycles. The van der Waals surface area contributed by atoms with Crippen molar-refractivity contribution in [1.29, 1.82) is 10.5 Å². The van der Waals surface area contributed by atoms with Gasteiger partial charge in [0.25, 0.3) is 0 Å². The molecular weight excluding hydrogens is 530 g/mol. The van der Waals surface area contributed by atoms with Crippen molar-refractivity contribution < 1.29 is 8.83 Å². The summed E-state index contributed by atoms with van der Waals surface area (Å²) in [4.78, 5) is 0. The second kappa shape index (κ2) is 7.70. The van der Waals surface area contributed by atoms with E-state index in [1.165, 1.54) is 10.8 Å². The van der Waals surface area contributed by atoms with Crippen molar-refractivity contribution in [3.05, 3.63) is 114 Å². The molecule has 1 aliphatic rings. The number of fused-ring (bicyclic) bond motifs is 15. The predicted octanol–water partition coefficient (Wildman–Crippen LogP) is 9.97. The first-order valence-electron chi connectivity index (χ1n) is 14.1. The third kappa shape index (κ3) is 2.69. The van der Waals surface area contributed by atoms with Crippen molar-refractivity contribution in [3.63, 3.8) is 0 Å². The fourth-order valence-electron chi connectivity index (χ4n) is 7.27. The molecule has 0 saturated heterocycles. The Balaban J connectivity index is 1.43. The second-order valence-electron chi connectivity index (χ2n) is 11.1. The molecular formula is C38H17N3O2. The highest BCUT2D eigenvalue weighted by Gasteiger charge is 2.28. The van der Waals surface area contributed by atoms with Crippen LogP contribution in [0.1, 0.15) is 11.1 Å². The third-order valence-electron chi connectivity index (χ3n) is 8.99. The van der Waals surface area contributed by atoms with Crippen molar-refractivity contribution in [2.24, 2.45) is 0 Å². The molecule has 5 heteroatoms. The summed E-state index contributed by atoms with van der Waals surface area (Å²) >= 11 is 0. The molecule has 0 radical (unpaired) electrons. The normalized spacial score (nSPS) is 12.1. The SMILES string of the molecule is N#Cc1ccc2oc3ccc4oc5cc6c(cc5c4c3c2c1)-c1c(C#N)cccc1-n1c2ccccc2c2cccc-6c21. The van der Waals surface area contributed by atoms with Gasteiger partial charge in [0, 0.05) is 43.4 Å². The maximum Gasteiger partial charge on any atom is 0.136 e. The monoisotopic (exact) mass is 547 g/mol. The summed E-state index contributed by atoms with van der Waals surface area (Å²) in [5.74, 6) is 0. The quantitative estimate of drug-likeness (QED) is 0.189. The zero-order chi connectivity index (χ0) is 28.4. The minimum Gasteiger partial charge on any atom is -0.456 e. The number of aromatic nitrogens is 1. The van der Waals surface area contributed by atoms with E-state index in [2.05, 4.69) is 77.4 Å². The molecule has 1 aliphatic heterocycles. The van der Waals surface area contributed by atoms with Gasteiger partial charge in [-0.1, -0.05) is 42.5 Å². The van der Waals surface area contributed by atoms with Crippen molar-refractivity contribution in [1.82, 2.24) is 4.57 Å². The van der Waals surface area contributed by atoms with E-state index < -0.39 is 0 Å². The van der Waals surface area contributed by atoms with Crippen molar-refractivity contribution in [2.75, 3.05) is 0 Å². The predicted molar refractivity (Wildman–Crippen MR) is 169 cm³/mol. The van der Waals surface area contributed by atoms with Gasteiger partial charge in [-0.15, -0.1) is 0 Å². The molecule has 10 rings (SSSR count). The lowest BCUT2D eigenvalue weighted by Crippen LogP contribution is -1.97. The molecule has 0 aliphatic carbocycles. The van der Waals surface area contributed by atoms with Crippen LogP contribution in [0.4, 0.5) is 0 Å². The van der Waals surface area contributed by atoms with Crippen molar-refractivity contribution in [2.45, 2.75) is 0 Å². The molecule has 0 saturated carbocycles. The van der Waals surface area contributed by atoms with E-state index >= 15 is 0 Å². The van der Waals surface area contributed by atoms with Gasteiger partial charge in [0.1, 0.15) is 22.3 Å². The Kier molecular flexibility index (Phi) is 4.01. The van der Waals surface area contributed by atoms with Gasteiger partial charge in [-0.05, 0) is 71.8 Å². The Bertz CT molecular complexity index is 2810. The number of benzene rings is 6. The van der Waals surface area contributed by atoms with Crippen LogP contribution in [0, 0.1) is 22.7 Å². The summed E-state index contributed by atoms with van der Waals surface area (Å²) in [6.07, 6.45) is 0. The summed E-state index contributed by atoms with van der Waals surface area (Å²) in [5, 5.41) is 26.0. The van der Waals surface area contributed by atoms with Gasteiger partial charge in [0.05, 0.1) is 40.0 Å². The van der Waals surface area contributed by atoms with Gasteiger partial charge < -0.3 is 13.4 Å². The Morgan fingerprint density at radius 1 is 0.535 bits per heavy atom. The van der Waals surface area contributed by atoms with Crippen molar-refractivity contribution in [3.8, 4) is 40.1 Å². The molecule has 43 heavy (non-hydrogen) atoms. The number of nitrogens with zero attached hydrogens (tertiary/aromatic N) is 3. The first-order valence-corrected chi connectivity index (χ1v) is 14.1. The molecule has 0 unspecified atom stereocenters. The molecule has 6 aromatic carbocycles. The van der Waals surface area contributed by atoms with Crippen LogP contribution in [0.25, 0.3) is 93.6 Å². The average Bonchev–Trinajstić information content (AvgIpc) is 3.69. The molecule has 5 nitrogen and oxygen atoms in total. The number of hydrogen-bond donors (Lipinski definition) is 0. The first-order chi connectivity index (χ1) is 21.2. The Morgan fingerprint density at radius 3 is 2.12 bits per heavy atom. The number of nitriles is 2. The summed E-state index contributed by atoms with van der Waals surface area (Å²) in [6.45, 7) is 0. The van der Waals surface area contributed by atoms with Crippen LogP contribution >= 0.6 is 0 Å². The lowest BCUT2D eigenvalue weighted by atomic mass is 9.89. The van der Waals surface area contributed by atoms with E-state index in [1.54, 1.807) is 6.07 Å². The number of para-hydroxylation sites is 2. The summed E-state index contributed by atoms with van der Waals surface area (Å²) in [5.41, 5.74) is 11.3. The van der Waals surface area contributed by atoms with Crippen molar-refractivity contribution >= 4 is 65.7 Å². The van der Waals surface area contributed by atoms with Crippen LogP contribution in [-0.4, -0.2) is 4.57 Å². The van der Waals surface area contributed by atoms with Gasteiger partial charge in [-0.2, -0.15) is 10.5 Å². The lowest BCUT2D eigenvalue weighted by molar-refractivity contribution is 0.663. The third-order valence-corrected chi connectivity index (χ3v) is 8.99. The smallest absolute Gasteiger partial charge is 0.136 e. The zero-order valence-electron chi connectivity index (χ0n) is 22.5. The molecule has 0 spiro atoms. The van der Waals surface area contributed by atoms with Gasteiger partial charge in [0.2, 0.25) is 0 Å². The lowest BCUT2D eigenvalue weighted by Gasteiger charge is -2.14. The highest BCUT2D eigenvalue weighted by Crippen LogP contribution is 2.50. The van der Waals surface area contributed by atoms with E-state index in [0.29, 0.717) is 11.1 Å². The van der Waals surface area contributed by atoms with Crippen LogP contribution in [0.5, 0.6) is 0 Å². The highest BCUT2D eigenvalue weighted by molar-refractivity contribution is 6.27. The summed E-state index contributed by atoms with van der Waals surface area (Å²) in [6, 6.07) is 39.3. The molecule has 0 amide bonds. The van der Waals surface area contributed by atoms with E-state index in [-0.39, 0.29) is 0 Å². The number of hydrogen-bond acceptors (Lipinski definition) is 4. The van der Waals surface area contributed by atoms with E-state index in [9.17, 15) is 10.5 Å². The molecule has 3 aromatic heterocycles. The number of rotatable bonds is 0. The van der Waals surface area contributed by atoms with Crippen LogP contribution in [0.3, 0.4) is 0 Å². The van der Waals surface area contributed by atoms with E-state index in [0.717, 1.165) is 82.9 Å². The molecule has 0 atom stereocenters. The minimum atomic E-state index is 0.573. The number of furan rings is 2. The van der Waals surface area contributed by atoms with Crippen LogP contribution in [-0.2, 0) is 0 Å². The molecule has 0 N–H and O–H groups in total. The standard InChI is InChI=1S/C38H17N3O2/c39-18-20-11-12-31-27(15-20)36-32(42-31)13-14-33-37(36)28-16-26-25(17-34(28)43-33)24-8-4-7-23-22-6-1-2-9-29(22)41(38(23)24)30-10-3-5-21(19-40)35(26)30/h1-17H. The maximum atomic E-state index is 10.4. The fourth-order valence-corrected chi connectivity index (χ4v) is 7.27. The summed E-state index contributed by atoms with van der Waals surface area (Å²) in [7, 11) is 0. The van der Waals surface area contributed by atoms with E-state index in [4.69, 9.17) is 8.83 Å². The molecule has 9 aromatic rings. The molecule has 0 bridgehead atoms. The second-order valence-corrected chi connectivity index (χ2v) is 11.1. The van der Waals surface area contributed by atoms with Crippen LogP contribution < -0.4 is 0 Å².